The van der Waals surface area contributed by atoms with Gasteiger partial charge in [0, 0.05) is 31.2 Å². The lowest BCUT2D eigenvalue weighted by atomic mass is 10.1. The zero-order valence-corrected chi connectivity index (χ0v) is 14.0. The van der Waals surface area contributed by atoms with Gasteiger partial charge in [0.2, 0.25) is 0 Å². The number of hydrogen-bond donors (Lipinski definition) is 1. The van der Waals surface area contributed by atoms with Gasteiger partial charge in [0.05, 0.1) is 0 Å². The number of nitrogens with one attached hydrogen (secondary N) is 1. The fraction of sp³-hybridized carbons (Fsp3) is 0.500. The van der Waals surface area contributed by atoms with Crippen molar-refractivity contribution < 1.29 is 14.3 Å². The Morgan fingerprint density at radius 1 is 1.41 bits per heavy atom. The molecule has 0 aliphatic carbocycles. The molecule has 5 nitrogen and oxygen atoms in total. The van der Waals surface area contributed by atoms with Crippen LogP contribution in [0.3, 0.4) is 0 Å². The van der Waals surface area contributed by atoms with E-state index in [9.17, 15) is 9.59 Å². The molecule has 122 valence electrons. The van der Waals surface area contributed by atoms with E-state index in [0.29, 0.717) is 17.9 Å². The molecule has 1 fully saturated rings. The van der Waals surface area contributed by atoms with Gasteiger partial charge in [0.1, 0.15) is 5.75 Å². The number of carbonyl (C=O) groups is 2. The highest BCUT2D eigenvalue weighted by Gasteiger charge is 2.27. The van der Waals surface area contributed by atoms with Crippen molar-refractivity contribution in [2.45, 2.75) is 32.9 Å². The molecule has 1 saturated heterocycles. The molecule has 0 aromatic heterocycles. The molecule has 1 aliphatic heterocycles. The second-order valence-electron chi connectivity index (χ2n) is 5.43. The van der Waals surface area contributed by atoms with Crippen LogP contribution in [0, 0.1) is 0 Å². The zero-order chi connectivity index (χ0) is 15.4. The van der Waals surface area contributed by atoms with E-state index in [0.717, 1.165) is 13.1 Å². The second kappa shape index (κ2) is 8.15. The Kier molecular flexibility index (Phi) is 6.84. The molecule has 1 aliphatic rings. The van der Waals surface area contributed by atoms with Crippen molar-refractivity contribution in [3.8, 4) is 5.75 Å². The van der Waals surface area contributed by atoms with Crippen molar-refractivity contribution in [1.82, 2.24) is 10.2 Å². The molecule has 1 aromatic rings. The molecule has 0 radical (unpaired) electrons. The zero-order valence-electron chi connectivity index (χ0n) is 13.2. The predicted octanol–water partition coefficient (Wildman–Crippen LogP) is 1.90. The summed E-state index contributed by atoms with van der Waals surface area (Å²) in [6.45, 7) is 7.59. The van der Waals surface area contributed by atoms with E-state index in [1.165, 1.54) is 6.92 Å². The predicted molar refractivity (Wildman–Crippen MR) is 87.8 cm³/mol. The van der Waals surface area contributed by atoms with Gasteiger partial charge in [-0.1, -0.05) is 12.1 Å². The Morgan fingerprint density at radius 2 is 2.14 bits per heavy atom. The average molecular weight is 327 g/mol. The monoisotopic (exact) mass is 326 g/mol. The Labute approximate surface area is 137 Å². The second-order valence-corrected chi connectivity index (χ2v) is 5.43. The molecule has 0 saturated carbocycles. The van der Waals surface area contributed by atoms with Crippen LogP contribution < -0.4 is 10.1 Å². The highest BCUT2D eigenvalue weighted by molar-refractivity contribution is 5.94. The minimum absolute atomic E-state index is 0. The quantitative estimate of drug-likeness (QED) is 0.859. The summed E-state index contributed by atoms with van der Waals surface area (Å²) in [5, 5.41) is 3.26. The topological polar surface area (TPSA) is 58.6 Å². The lowest BCUT2D eigenvalue weighted by Gasteiger charge is -2.35. The molecule has 2 rings (SSSR count). The van der Waals surface area contributed by atoms with Crippen molar-refractivity contribution in [2.75, 3.05) is 19.6 Å². The lowest BCUT2D eigenvalue weighted by molar-refractivity contribution is -0.140. The summed E-state index contributed by atoms with van der Waals surface area (Å²) in [6, 6.07) is 7.10. The maximum absolute atomic E-state index is 12.4. The highest BCUT2D eigenvalue weighted by Crippen LogP contribution is 2.17. The number of ether oxygens (including phenoxy) is 1. The SMILES string of the molecule is CC(=O)c1cccc(OC(C)C(=O)N2CCNCC2C)c1.Cl. The van der Waals surface area contributed by atoms with Crippen molar-refractivity contribution >= 4 is 24.1 Å². The first-order chi connectivity index (χ1) is 9.99. The standard InChI is InChI=1S/C16H22N2O3.ClH/c1-11-10-17-7-8-18(11)16(20)13(3)21-15-6-4-5-14(9-15)12(2)19;/h4-6,9,11,13,17H,7-8,10H2,1-3H3;1H. The Morgan fingerprint density at radius 3 is 2.77 bits per heavy atom. The number of carbonyl (C=O) groups excluding carboxylic acids is 2. The van der Waals surface area contributed by atoms with Gasteiger partial charge in [-0.3, -0.25) is 9.59 Å². The Balaban J connectivity index is 0.00000242. The maximum Gasteiger partial charge on any atom is 0.263 e. The maximum atomic E-state index is 12.4. The smallest absolute Gasteiger partial charge is 0.263 e. The number of rotatable bonds is 4. The fourth-order valence-electron chi connectivity index (χ4n) is 2.44. The molecule has 2 unspecified atom stereocenters. The minimum atomic E-state index is -0.562. The van der Waals surface area contributed by atoms with Crippen LogP contribution in [0.15, 0.2) is 24.3 Å². The number of piperazine rings is 1. The van der Waals surface area contributed by atoms with Gasteiger partial charge in [-0.25, -0.2) is 0 Å². The molecule has 0 bridgehead atoms. The van der Waals surface area contributed by atoms with Crippen LogP contribution >= 0.6 is 12.4 Å². The van der Waals surface area contributed by atoms with Gasteiger partial charge in [-0.15, -0.1) is 12.4 Å². The van der Waals surface area contributed by atoms with Gasteiger partial charge in [-0.2, -0.15) is 0 Å². The third-order valence-electron chi connectivity index (χ3n) is 3.69. The molecule has 0 spiro atoms. The minimum Gasteiger partial charge on any atom is -0.481 e. The highest BCUT2D eigenvalue weighted by atomic mass is 35.5. The largest absolute Gasteiger partial charge is 0.481 e. The Hall–Kier alpha value is -1.59. The summed E-state index contributed by atoms with van der Waals surface area (Å²) in [4.78, 5) is 25.7. The number of nitrogens with zero attached hydrogens (tertiary/aromatic N) is 1. The number of hydrogen-bond acceptors (Lipinski definition) is 4. The molecule has 1 aromatic carbocycles. The van der Waals surface area contributed by atoms with E-state index >= 15 is 0 Å². The average Bonchev–Trinajstić information content (AvgIpc) is 2.47. The van der Waals surface area contributed by atoms with Gasteiger partial charge in [0.25, 0.3) is 5.91 Å². The fourth-order valence-corrected chi connectivity index (χ4v) is 2.44. The molecule has 1 heterocycles. The van der Waals surface area contributed by atoms with Crippen LogP contribution in [0.25, 0.3) is 0 Å². The van der Waals surface area contributed by atoms with E-state index in [1.807, 2.05) is 11.8 Å². The van der Waals surface area contributed by atoms with E-state index < -0.39 is 6.10 Å². The number of Topliss-reactive ketones (excluding diaryl/α,β-unsaturated/α-hetero) is 1. The molecule has 1 amide bonds. The molecular formula is C16H23ClN2O3. The van der Waals surface area contributed by atoms with Crippen LogP contribution in [0.2, 0.25) is 0 Å². The first kappa shape index (κ1) is 18.5. The van der Waals surface area contributed by atoms with E-state index in [2.05, 4.69) is 5.32 Å². The van der Waals surface area contributed by atoms with Crippen molar-refractivity contribution in [1.29, 1.82) is 0 Å². The van der Waals surface area contributed by atoms with E-state index in [-0.39, 0.29) is 30.1 Å². The van der Waals surface area contributed by atoms with Gasteiger partial charge in [0.15, 0.2) is 11.9 Å². The molecular weight excluding hydrogens is 304 g/mol. The summed E-state index contributed by atoms with van der Waals surface area (Å²) in [5.74, 6) is 0.513. The van der Waals surface area contributed by atoms with Crippen LogP contribution in [0.5, 0.6) is 5.75 Å². The number of benzene rings is 1. The van der Waals surface area contributed by atoms with Crippen LogP contribution in [-0.4, -0.2) is 48.4 Å². The summed E-state index contributed by atoms with van der Waals surface area (Å²) in [7, 11) is 0. The van der Waals surface area contributed by atoms with E-state index in [1.54, 1.807) is 31.2 Å². The van der Waals surface area contributed by atoms with Crippen molar-refractivity contribution in [3.05, 3.63) is 29.8 Å². The van der Waals surface area contributed by atoms with Crippen LogP contribution in [-0.2, 0) is 4.79 Å². The molecule has 6 heteroatoms. The summed E-state index contributed by atoms with van der Waals surface area (Å²) >= 11 is 0. The van der Waals surface area contributed by atoms with Crippen molar-refractivity contribution in [3.63, 3.8) is 0 Å². The van der Waals surface area contributed by atoms with Crippen molar-refractivity contribution in [2.24, 2.45) is 0 Å². The first-order valence-electron chi connectivity index (χ1n) is 7.28. The third-order valence-corrected chi connectivity index (χ3v) is 3.69. The number of halogens is 1. The summed E-state index contributed by atoms with van der Waals surface area (Å²) in [6.07, 6.45) is -0.562. The molecule has 2 atom stereocenters. The molecule has 22 heavy (non-hydrogen) atoms. The normalized spacial score (nSPS) is 19.0. The summed E-state index contributed by atoms with van der Waals surface area (Å²) < 4.78 is 5.70. The number of ketones is 1. The van der Waals surface area contributed by atoms with E-state index in [4.69, 9.17) is 4.74 Å². The summed E-state index contributed by atoms with van der Waals surface area (Å²) in [5.41, 5.74) is 0.586. The van der Waals surface area contributed by atoms with Crippen LogP contribution in [0.1, 0.15) is 31.1 Å². The molecule has 1 N–H and O–H groups in total. The first-order valence-corrected chi connectivity index (χ1v) is 7.28. The van der Waals surface area contributed by atoms with Gasteiger partial charge in [-0.05, 0) is 32.9 Å². The third kappa shape index (κ3) is 4.45. The van der Waals surface area contributed by atoms with Gasteiger partial charge < -0.3 is 15.0 Å². The number of amides is 1. The Bertz CT molecular complexity index is 536. The van der Waals surface area contributed by atoms with Gasteiger partial charge >= 0.3 is 0 Å². The lowest BCUT2D eigenvalue weighted by Crippen LogP contribution is -2.55. The van der Waals surface area contributed by atoms with Crippen LogP contribution in [0.4, 0.5) is 0 Å².